The minimum absolute atomic E-state index is 0.0851. The zero-order chi connectivity index (χ0) is 13.7. The first-order valence-electron chi connectivity index (χ1n) is 5.95. The second kappa shape index (κ2) is 4.26. The largest absolute Gasteiger partial charge is 0.453 e. The maximum absolute atomic E-state index is 12.6. The van der Waals surface area contributed by atoms with Crippen molar-refractivity contribution in [3.05, 3.63) is 33.3 Å². The van der Waals surface area contributed by atoms with Gasteiger partial charge in [-0.15, -0.1) is 0 Å². The molecule has 4 heteroatoms. The van der Waals surface area contributed by atoms with Gasteiger partial charge in [-0.25, -0.2) is 0 Å². The Balaban J connectivity index is 2.61. The summed E-state index contributed by atoms with van der Waals surface area (Å²) in [6.07, 6.45) is 2.67. The third kappa shape index (κ3) is 2.03. The number of nitrogens with zero attached hydrogens (tertiary/aromatic N) is 1. The van der Waals surface area contributed by atoms with Gasteiger partial charge in [-0.05, 0) is 22.9 Å². The summed E-state index contributed by atoms with van der Waals surface area (Å²) in [7, 11) is 3.87. The van der Waals surface area contributed by atoms with Crippen molar-refractivity contribution < 1.29 is 9.21 Å². The molecule has 3 nitrogen and oxygen atoms in total. The number of fused-ring (bicyclic) bond motifs is 1. The van der Waals surface area contributed by atoms with Crippen LogP contribution in [-0.4, -0.2) is 24.8 Å². The molecular weight excluding hydrogens is 294 g/mol. The summed E-state index contributed by atoms with van der Waals surface area (Å²) in [5.41, 5.74) is 2.28. The summed E-state index contributed by atoms with van der Waals surface area (Å²) in [4.78, 5) is 14.5. The van der Waals surface area contributed by atoms with Gasteiger partial charge in [0.25, 0.3) is 0 Å². The first kappa shape index (κ1) is 13.4. The van der Waals surface area contributed by atoms with E-state index in [9.17, 15) is 4.79 Å². The number of furan rings is 1. The van der Waals surface area contributed by atoms with Gasteiger partial charge in [0.2, 0.25) is 0 Å². The van der Waals surface area contributed by atoms with Crippen LogP contribution in [0.25, 0.3) is 0 Å². The average molecular weight is 312 g/mol. The van der Waals surface area contributed by atoms with Crippen LogP contribution in [0, 0.1) is 12.3 Å². The summed E-state index contributed by atoms with van der Waals surface area (Å²) in [6.45, 7) is 6.07. The predicted octanol–water partition coefficient (Wildman–Crippen LogP) is 3.56. The summed E-state index contributed by atoms with van der Waals surface area (Å²) < 4.78 is 6.32. The molecule has 0 spiro atoms. The summed E-state index contributed by atoms with van der Waals surface area (Å²) >= 11 is 3.36. The van der Waals surface area contributed by atoms with Crippen LogP contribution in [-0.2, 0) is 6.42 Å². The Hall–Kier alpha value is -1.03. The third-order valence-electron chi connectivity index (χ3n) is 3.35. The molecule has 1 heterocycles. The van der Waals surface area contributed by atoms with Crippen LogP contribution in [0.3, 0.4) is 0 Å². The second-order valence-electron chi connectivity index (χ2n) is 5.70. The molecule has 0 saturated heterocycles. The lowest BCUT2D eigenvalue weighted by molar-refractivity contribution is 0.0986. The van der Waals surface area contributed by atoms with E-state index in [1.54, 1.807) is 0 Å². The molecular formula is C14H18BrNO2. The molecule has 1 aromatic rings. The molecule has 98 valence electrons. The van der Waals surface area contributed by atoms with E-state index in [4.69, 9.17) is 4.42 Å². The van der Waals surface area contributed by atoms with E-state index < -0.39 is 0 Å². The topological polar surface area (TPSA) is 33.5 Å². The van der Waals surface area contributed by atoms with Crippen LogP contribution >= 0.6 is 15.9 Å². The number of carbonyl (C=O) groups is 1. The van der Waals surface area contributed by atoms with Crippen molar-refractivity contribution in [2.24, 2.45) is 5.41 Å². The van der Waals surface area contributed by atoms with E-state index >= 15 is 0 Å². The van der Waals surface area contributed by atoms with Gasteiger partial charge < -0.3 is 9.32 Å². The number of hydrogen-bond acceptors (Lipinski definition) is 3. The van der Waals surface area contributed by atoms with Gasteiger partial charge in [0.15, 0.2) is 10.5 Å². The SMILES string of the molecule is Cc1c(Br)oc2c1C(=O)/C(=C\N(C)C)C(C)(C)C2. The molecule has 0 fully saturated rings. The number of allylic oxidation sites excluding steroid dienone is 1. The Labute approximate surface area is 116 Å². The van der Waals surface area contributed by atoms with Crippen molar-refractivity contribution in [2.75, 3.05) is 14.1 Å². The van der Waals surface area contributed by atoms with Gasteiger partial charge in [-0.1, -0.05) is 13.8 Å². The number of Topliss-reactive ketones (excluding diaryl/α,β-unsaturated/α-hetero) is 1. The monoisotopic (exact) mass is 311 g/mol. The lowest BCUT2D eigenvalue weighted by Crippen LogP contribution is -2.31. The molecule has 18 heavy (non-hydrogen) atoms. The highest BCUT2D eigenvalue weighted by Gasteiger charge is 2.40. The molecule has 0 atom stereocenters. The second-order valence-corrected chi connectivity index (χ2v) is 6.42. The maximum Gasteiger partial charge on any atom is 0.194 e. The smallest absolute Gasteiger partial charge is 0.194 e. The van der Waals surface area contributed by atoms with Crippen LogP contribution < -0.4 is 0 Å². The van der Waals surface area contributed by atoms with Gasteiger partial charge in [0.05, 0.1) is 5.56 Å². The van der Waals surface area contributed by atoms with Crippen molar-refractivity contribution in [3.63, 3.8) is 0 Å². The fourth-order valence-electron chi connectivity index (χ4n) is 2.39. The molecule has 1 aliphatic rings. The molecule has 2 rings (SSSR count). The number of rotatable bonds is 1. The molecule has 0 N–H and O–H groups in total. The molecule has 0 aliphatic heterocycles. The Kier molecular flexibility index (Phi) is 3.18. The minimum Gasteiger partial charge on any atom is -0.453 e. The summed E-state index contributed by atoms with van der Waals surface area (Å²) in [5, 5.41) is 0. The van der Waals surface area contributed by atoms with Gasteiger partial charge in [-0.2, -0.15) is 0 Å². The normalized spacial score (nSPS) is 20.1. The summed E-state index contributed by atoms with van der Waals surface area (Å²) in [5.74, 6) is 0.882. The molecule has 0 unspecified atom stereocenters. The first-order chi connectivity index (χ1) is 8.24. The molecule has 0 radical (unpaired) electrons. The zero-order valence-corrected chi connectivity index (χ0v) is 13.0. The van der Waals surface area contributed by atoms with E-state index in [0.29, 0.717) is 4.67 Å². The maximum atomic E-state index is 12.6. The van der Waals surface area contributed by atoms with Crippen LogP contribution in [0.15, 0.2) is 20.9 Å². The molecule has 0 aromatic carbocycles. The standard InChI is InChI=1S/C14H18BrNO2/c1-8-11-10(18-13(8)15)6-14(2,3)9(12(11)17)7-16(4)5/h7H,6H2,1-5H3/b9-7+. The highest BCUT2D eigenvalue weighted by Crippen LogP contribution is 2.43. The van der Waals surface area contributed by atoms with Crippen LogP contribution in [0.1, 0.15) is 35.5 Å². The molecule has 0 amide bonds. The Morgan fingerprint density at radius 1 is 1.39 bits per heavy atom. The number of halogens is 1. The number of carbonyl (C=O) groups excluding carboxylic acids is 1. The average Bonchev–Trinajstić information content (AvgIpc) is 2.48. The van der Waals surface area contributed by atoms with Crippen molar-refractivity contribution in [1.29, 1.82) is 0 Å². The van der Waals surface area contributed by atoms with Gasteiger partial charge in [0.1, 0.15) is 5.76 Å². The van der Waals surface area contributed by atoms with Crippen LogP contribution in [0.4, 0.5) is 0 Å². The van der Waals surface area contributed by atoms with Crippen molar-refractivity contribution >= 4 is 21.7 Å². The lowest BCUT2D eigenvalue weighted by Gasteiger charge is -2.31. The fourth-order valence-corrected chi connectivity index (χ4v) is 2.79. The zero-order valence-electron chi connectivity index (χ0n) is 11.4. The molecule has 0 bridgehead atoms. The Bertz CT molecular complexity index is 538. The van der Waals surface area contributed by atoms with E-state index in [1.807, 2.05) is 32.1 Å². The van der Waals surface area contributed by atoms with Crippen LogP contribution in [0.2, 0.25) is 0 Å². The van der Waals surface area contributed by atoms with Crippen LogP contribution in [0.5, 0.6) is 0 Å². The van der Waals surface area contributed by atoms with Gasteiger partial charge >= 0.3 is 0 Å². The lowest BCUT2D eigenvalue weighted by atomic mass is 9.72. The fraction of sp³-hybridized carbons (Fsp3) is 0.500. The van der Waals surface area contributed by atoms with Gasteiger partial charge in [-0.3, -0.25) is 4.79 Å². The molecule has 1 aromatic heterocycles. The van der Waals surface area contributed by atoms with E-state index in [0.717, 1.165) is 28.9 Å². The summed E-state index contributed by atoms with van der Waals surface area (Å²) in [6, 6.07) is 0. The Morgan fingerprint density at radius 3 is 2.56 bits per heavy atom. The molecule has 0 saturated carbocycles. The quantitative estimate of drug-likeness (QED) is 0.744. The highest BCUT2D eigenvalue weighted by molar-refractivity contribution is 9.10. The van der Waals surface area contributed by atoms with Crippen molar-refractivity contribution in [1.82, 2.24) is 4.90 Å². The number of hydrogen-bond donors (Lipinski definition) is 0. The van der Waals surface area contributed by atoms with E-state index in [1.165, 1.54) is 0 Å². The molecule has 1 aliphatic carbocycles. The third-order valence-corrected chi connectivity index (χ3v) is 4.11. The van der Waals surface area contributed by atoms with Crippen molar-refractivity contribution in [3.8, 4) is 0 Å². The predicted molar refractivity (Wildman–Crippen MR) is 74.7 cm³/mol. The van der Waals surface area contributed by atoms with Crippen molar-refractivity contribution in [2.45, 2.75) is 27.2 Å². The minimum atomic E-state index is -0.196. The van der Waals surface area contributed by atoms with E-state index in [2.05, 4.69) is 29.8 Å². The Morgan fingerprint density at radius 2 is 2.00 bits per heavy atom. The number of ketones is 1. The van der Waals surface area contributed by atoms with E-state index in [-0.39, 0.29) is 11.2 Å². The highest BCUT2D eigenvalue weighted by atomic mass is 79.9. The van der Waals surface area contributed by atoms with Gasteiger partial charge in [0, 0.05) is 43.3 Å². The first-order valence-corrected chi connectivity index (χ1v) is 6.74.